The lowest BCUT2D eigenvalue weighted by Gasteiger charge is -2.16. The zero-order chi connectivity index (χ0) is 21.3. The lowest BCUT2D eigenvalue weighted by Crippen LogP contribution is -2.28. The van der Waals surface area contributed by atoms with Crippen LogP contribution >= 0.6 is 0 Å². The topological polar surface area (TPSA) is 80.4 Å². The number of anilines is 1. The van der Waals surface area contributed by atoms with Crippen molar-refractivity contribution in [3.63, 3.8) is 0 Å². The molecule has 30 heavy (non-hydrogen) atoms. The van der Waals surface area contributed by atoms with Crippen LogP contribution < -0.4 is 5.32 Å². The summed E-state index contributed by atoms with van der Waals surface area (Å²) in [6.45, 7) is 2.30. The average Bonchev–Trinajstić information content (AvgIpc) is 3.43. The van der Waals surface area contributed by atoms with E-state index in [9.17, 15) is 18.4 Å². The number of carbonyl (C=O) groups excluding carboxylic acids is 2. The molecular formula is C21H20F2N4O3. The van der Waals surface area contributed by atoms with Gasteiger partial charge in [0.1, 0.15) is 23.2 Å². The van der Waals surface area contributed by atoms with Crippen molar-refractivity contribution in [1.29, 1.82) is 0 Å². The zero-order valence-corrected chi connectivity index (χ0v) is 16.3. The summed E-state index contributed by atoms with van der Waals surface area (Å²) in [7, 11) is 0. The van der Waals surface area contributed by atoms with Crippen LogP contribution in [0, 0.1) is 24.5 Å². The number of nitrogens with one attached hydrogen (secondary N) is 1. The Bertz CT molecular complexity index is 1080. The predicted molar refractivity (Wildman–Crippen MR) is 103 cm³/mol. The monoisotopic (exact) mass is 414 g/mol. The molecule has 4 rings (SSSR count). The van der Waals surface area contributed by atoms with E-state index in [4.69, 9.17) is 4.42 Å². The first-order chi connectivity index (χ1) is 14.4. The number of nitrogens with zero attached hydrogens (tertiary/aromatic N) is 3. The van der Waals surface area contributed by atoms with E-state index >= 15 is 0 Å². The molecule has 0 bridgehead atoms. The Hall–Kier alpha value is -3.49. The van der Waals surface area contributed by atoms with E-state index in [1.807, 2.05) is 0 Å². The molecule has 0 spiro atoms. The molecule has 0 radical (unpaired) electrons. The van der Waals surface area contributed by atoms with Gasteiger partial charge in [0.2, 0.25) is 11.8 Å². The Labute approximate surface area is 171 Å². The number of furan rings is 1. The van der Waals surface area contributed by atoms with Gasteiger partial charge in [-0.25, -0.2) is 13.5 Å². The van der Waals surface area contributed by atoms with Gasteiger partial charge >= 0.3 is 0 Å². The van der Waals surface area contributed by atoms with Crippen molar-refractivity contribution in [3.05, 3.63) is 71.3 Å². The number of rotatable bonds is 6. The van der Waals surface area contributed by atoms with E-state index in [-0.39, 0.29) is 36.9 Å². The van der Waals surface area contributed by atoms with Crippen molar-refractivity contribution in [2.75, 3.05) is 11.9 Å². The van der Waals surface area contributed by atoms with Gasteiger partial charge in [0.25, 0.3) is 0 Å². The number of amides is 2. The molecule has 2 aromatic heterocycles. The van der Waals surface area contributed by atoms with Gasteiger partial charge in [-0.3, -0.25) is 9.59 Å². The van der Waals surface area contributed by atoms with E-state index in [0.29, 0.717) is 23.7 Å². The highest BCUT2D eigenvalue weighted by molar-refractivity contribution is 5.97. The standard InChI is InChI=1S/C21H20F2N4O3/c1-13-9-24-27(11-14-7-16(22)4-5-18(14)23)20(13)25-21(29)15-8-19(28)26(10-15)12-17-3-2-6-30-17/h2-7,9,15H,8,10-12H2,1H3,(H,25,29). The van der Waals surface area contributed by atoms with Crippen LogP contribution in [-0.2, 0) is 22.7 Å². The van der Waals surface area contributed by atoms with Crippen molar-refractivity contribution >= 4 is 17.6 Å². The molecule has 0 aliphatic carbocycles. The molecule has 156 valence electrons. The number of hydrogen-bond donors (Lipinski definition) is 1. The lowest BCUT2D eigenvalue weighted by molar-refractivity contribution is -0.128. The Balaban J connectivity index is 1.45. The number of aromatic nitrogens is 2. The number of hydrogen-bond acceptors (Lipinski definition) is 4. The third-order valence-corrected chi connectivity index (χ3v) is 5.10. The molecule has 3 heterocycles. The van der Waals surface area contributed by atoms with Crippen LogP contribution in [0.5, 0.6) is 0 Å². The van der Waals surface area contributed by atoms with Gasteiger partial charge in [0.05, 0.1) is 31.5 Å². The minimum absolute atomic E-state index is 0.0404. The van der Waals surface area contributed by atoms with Crippen LogP contribution in [0.25, 0.3) is 0 Å². The smallest absolute Gasteiger partial charge is 0.230 e. The van der Waals surface area contributed by atoms with Gasteiger partial charge in [0.15, 0.2) is 0 Å². The summed E-state index contributed by atoms with van der Waals surface area (Å²) in [5.41, 5.74) is 0.797. The Morgan fingerprint density at radius 1 is 1.30 bits per heavy atom. The Kier molecular flexibility index (Phi) is 5.35. The molecule has 3 aromatic rings. The van der Waals surface area contributed by atoms with Gasteiger partial charge in [-0.05, 0) is 37.3 Å². The molecule has 1 N–H and O–H groups in total. The summed E-state index contributed by atoms with van der Waals surface area (Å²) in [5.74, 6) is -1.05. The first-order valence-electron chi connectivity index (χ1n) is 9.48. The van der Waals surface area contributed by atoms with E-state index in [1.165, 1.54) is 17.1 Å². The van der Waals surface area contributed by atoms with Crippen molar-refractivity contribution in [3.8, 4) is 0 Å². The number of benzene rings is 1. The quantitative estimate of drug-likeness (QED) is 0.672. The minimum Gasteiger partial charge on any atom is -0.467 e. The van der Waals surface area contributed by atoms with Crippen LogP contribution in [0.4, 0.5) is 14.6 Å². The Morgan fingerprint density at radius 3 is 2.90 bits per heavy atom. The fourth-order valence-electron chi connectivity index (χ4n) is 3.50. The number of likely N-dealkylation sites (tertiary alicyclic amines) is 1. The Morgan fingerprint density at radius 2 is 2.13 bits per heavy atom. The zero-order valence-electron chi connectivity index (χ0n) is 16.3. The van der Waals surface area contributed by atoms with Crippen molar-refractivity contribution in [2.24, 2.45) is 5.92 Å². The maximum Gasteiger partial charge on any atom is 0.230 e. The van der Waals surface area contributed by atoms with E-state index in [0.717, 1.165) is 18.2 Å². The molecule has 1 saturated heterocycles. The summed E-state index contributed by atoms with van der Waals surface area (Å²) >= 11 is 0. The number of carbonyl (C=O) groups is 2. The fraction of sp³-hybridized carbons (Fsp3) is 0.286. The van der Waals surface area contributed by atoms with Gasteiger partial charge in [-0.15, -0.1) is 0 Å². The first kappa shape index (κ1) is 19.8. The van der Waals surface area contributed by atoms with Crippen LogP contribution in [0.1, 0.15) is 23.3 Å². The second-order valence-electron chi connectivity index (χ2n) is 7.31. The molecule has 1 aliphatic heterocycles. The van der Waals surface area contributed by atoms with Crippen LogP contribution in [0.2, 0.25) is 0 Å². The molecule has 1 aliphatic rings. The molecule has 1 fully saturated rings. The van der Waals surface area contributed by atoms with Crippen molar-refractivity contribution in [2.45, 2.75) is 26.4 Å². The maximum atomic E-state index is 14.0. The largest absolute Gasteiger partial charge is 0.467 e. The summed E-state index contributed by atoms with van der Waals surface area (Å²) in [6.07, 6.45) is 3.17. The summed E-state index contributed by atoms with van der Waals surface area (Å²) in [6, 6.07) is 6.71. The van der Waals surface area contributed by atoms with Crippen molar-refractivity contribution in [1.82, 2.24) is 14.7 Å². The van der Waals surface area contributed by atoms with Gasteiger partial charge in [-0.1, -0.05) is 0 Å². The van der Waals surface area contributed by atoms with Crippen molar-refractivity contribution < 1.29 is 22.8 Å². The second kappa shape index (κ2) is 8.10. The molecule has 1 atom stereocenters. The SMILES string of the molecule is Cc1cnn(Cc2cc(F)ccc2F)c1NC(=O)C1CC(=O)N(Cc2ccco2)C1. The van der Waals surface area contributed by atoms with E-state index in [1.54, 1.807) is 24.0 Å². The lowest BCUT2D eigenvalue weighted by atomic mass is 10.1. The molecule has 1 aromatic carbocycles. The summed E-state index contributed by atoms with van der Waals surface area (Å²) < 4.78 is 34.1. The normalized spacial score (nSPS) is 16.3. The van der Waals surface area contributed by atoms with Crippen LogP contribution in [0.3, 0.4) is 0 Å². The summed E-state index contributed by atoms with van der Waals surface area (Å²) in [5, 5.41) is 6.96. The van der Waals surface area contributed by atoms with E-state index in [2.05, 4.69) is 10.4 Å². The third-order valence-electron chi connectivity index (χ3n) is 5.10. The van der Waals surface area contributed by atoms with Gasteiger partial charge < -0.3 is 14.6 Å². The molecule has 0 saturated carbocycles. The maximum absolute atomic E-state index is 14.0. The second-order valence-corrected chi connectivity index (χ2v) is 7.31. The van der Waals surface area contributed by atoms with Gasteiger partial charge in [0, 0.05) is 24.1 Å². The molecule has 9 heteroatoms. The summed E-state index contributed by atoms with van der Waals surface area (Å²) in [4.78, 5) is 26.6. The first-order valence-corrected chi connectivity index (χ1v) is 9.48. The average molecular weight is 414 g/mol. The highest BCUT2D eigenvalue weighted by Gasteiger charge is 2.35. The number of halogens is 2. The molecule has 7 nitrogen and oxygen atoms in total. The molecular weight excluding hydrogens is 394 g/mol. The number of aryl methyl sites for hydroxylation is 1. The highest BCUT2D eigenvalue weighted by atomic mass is 19.1. The highest BCUT2D eigenvalue weighted by Crippen LogP contribution is 2.24. The van der Waals surface area contributed by atoms with Crippen LogP contribution in [-0.4, -0.2) is 33.0 Å². The van der Waals surface area contributed by atoms with Crippen LogP contribution in [0.15, 0.2) is 47.2 Å². The third kappa shape index (κ3) is 4.10. The van der Waals surface area contributed by atoms with E-state index < -0.39 is 17.6 Å². The minimum atomic E-state index is -0.559. The molecule has 1 unspecified atom stereocenters. The fourth-order valence-corrected chi connectivity index (χ4v) is 3.50. The predicted octanol–water partition coefficient (Wildman–Crippen LogP) is 3.10. The van der Waals surface area contributed by atoms with Gasteiger partial charge in [-0.2, -0.15) is 5.10 Å². The molecule has 2 amide bonds.